The van der Waals surface area contributed by atoms with Gasteiger partial charge >= 0.3 is 17.1 Å². The SMILES string of the molecule is C=CCn1c(=O)n(CC=C)c(=O)n(COCC)c1=O. The molecule has 7 nitrogen and oxygen atoms in total. The van der Waals surface area contributed by atoms with Crippen LogP contribution < -0.4 is 17.1 Å². The number of hydrogen-bond donors (Lipinski definition) is 0. The first-order valence-corrected chi connectivity index (χ1v) is 5.82. The molecule has 0 N–H and O–H groups in total. The standard InChI is InChI=1S/C12H17N3O4/c1-4-7-13-10(16)14(8-5-2)12(18)15(11(13)17)9-19-6-3/h4-5H,1-2,6-9H2,3H3. The Labute approximate surface area is 109 Å². The van der Waals surface area contributed by atoms with Crippen LogP contribution in [0.15, 0.2) is 39.7 Å². The van der Waals surface area contributed by atoms with E-state index >= 15 is 0 Å². The predicted molar refractivity (Wildman–Crippen MR) is 71.2 cm³/mol. The van der Waals surface area contributed by atoms with Crippen molar-refractivity contribution in [3.63, 3.8) is 0 Å². The van der Waals surface area contributed by atoms with E-state index in [9.17, 15) is 14.4 Å². The van der Waals surface area contributed by atoms with Crippen LogP contribution in [-0.4, -0.2) is 20.3 Å². The minimum Gasteiger partial charge on any atom is -0.361 e. The second-order valence-electron chi connectivity index (χ2n) is 3.70. The van der Waals surface area contributed by atoms with Crippen molar-refractivity contribution in [1.29, 1.82) is 0 Å². The highest BCUT2D eigenvalue weighted by atomic mass is 16.5. The molecule has 0 aromatic carbocycles. The van der Waals surface area contributed by atoms with Crippen LogP contribution in [-0.2, 0) is 24.6 Å². The zero-order chi connectivity index (χ0) is 14.4. The summed E-state index contributed by atoms with van der Waals surface area (Å²) < 4.78 is 7.80. The zero-order valence-corrected chi connectivity index (χ0v) is 10.9. The van der Waals surface area contributed by atoms with Crippen molar-refractivity contribution in [1.82, 2.24) is 13.7 Å². The Balaban J connectivity index is 3.58. The fourth-order valence-electron chi connectivity index (χ4n) is 1.55. The number of ether oxygens (including phenoxy) is 1. The Bertz CT molecular complexity index is 588. The molecule has 1 rings (SSSR count). The van der Waals surface area contributed by atoms with Gasteiger partial charge in [0, 0.05) is 6.61 Å². The van der Waals surface area contributed by atoms with Gasteiger partial charge in [-0.25, -0.2) is 28.1 Å². The van der Waals surface area contributed by atoms with Crippen LogP contribution >= 0.6 is 0 Å². The van der Waals surface area contributed by atoms with E-state index in [0.29, 0.717) is 6.61 Å². The Kier molecular flexibility index (Phi) is 5.25. The third kappa shape index (κ3) is 3.00. The number of aromatic nitrogens is 3. The summed E-state index contributed by atoms with van der Waals surface area (Å²) in [5, 5.41) is 0. The van der Waals surface area contributed by atoms with Crippen molar-refractivity contribution >= 4 is 0 Å². The van der Waals surface area contributed by atoms with Gasteiger partial charge in [0.1, 0.15) is 6.73 Å². The first-order chi connectivity index (χ1) is 9.08. The molecule has 0 saturated carbocycles. The highest BCUT2D eigenvalue weighted by molar-refractivity contribution is 4.84. The second kappa shape index (κ2) is 6.69. The Hall–Kier alpha value is -2.15. The molecule has 19 heavy (non-hydrogen) atoms. The van der Waals surface area contributed by atoms with E-state index < -0.39 is 17.1 Å². The average Bonchev–Trinajstić information content (AvgIpc) is 2.40. The summed E-state index contributed by atoms with van der Waals surface area (Å²) in [4.78, 5) is 36.0. The maximum atomic E-state index is 12.0. The van der Waals surface area contributed by atoms with E-state index in [4.69, 9.17) is 4.74 Å². The Morgan fingerprint density at radius 2 is 1.37 bits per heavy atom. The van der Waals surface area contributed by atoms with Gasteiger partial charge in [-0.05, 0) is 6.92 Å². The molecule has 0 radical (unpaired) electrons. The fraction of sp³-hybridized carbons (Fsp3) is 0.417. The lowest BCUT2D eigenvalue weighted by Gasteiger charge is -2.11. The van der Waals surface area contributed by atoms with E-state index in [1.54, 1.807) is 6.92 Å². The summed E-state index contributed by atoms with van der Waals surface area (Å²) in [6, 6.07) is 0. The van der Waals surface area contributed by atoms with Gasteiger partial charge in [-0.3, -0.25) is 0 Å². The van der Waals surface area contributed by atoms with E-state index in [0.717, 1.165) is 13.7 Å². The Morgan fingerprint density at radius 1 is 0.947 bits per heavy atom. The van der Waals surface area contributed by atoms with Gasteiger partial charge < -0.3 is 4.74 Å². The topological polar surface area (TPSA) is 75.2 Å². The summed E-state index contributed by atoms with van der Waals surface area (Å²) in [7, 11) is 0. The Morgan fingerprint density at radius 3 is 1.74 bits per heavy atom. The molecule has 1 heterocycles. The molecule has 0 spiro atoms. The molecule has 0 aliphatic rings. The number of hydrogen-bond acceptors (Lipinski definition) is 4. The lowest BCUT2D eigenvalue weighted by atomic mass is 10.5. The van der Waals surface area contributed by atoms with E-state index in [2.05, 4.69) is 13.2 Å². The van der Waals surface area contributed by atoms with Gasteiger partial charge in [-0.15, -0.1) is 13.2 Å². The normalized spacial score (nSPS) is 10.4. The molecule has 0 bridgehead atoms. The van der Waals surface area contributed by atoms with Crippen molar-refractivity contribution in [3.8, 4) is 0 Å². The fourth-order valence-corrected chi connectivity index (χ4v) is 1.55. The van der Waals surface area contributed by atoms with E-state index in [1.807, 2.05) is 0 Å². The molecular weight excluding hydrogens is 250 g/mol. The molecule has 0 aliphatic carbocycles. The molecular formula is C12H17N3O4. The molecule has 0 unspecified atom stereocenters. The lowest BCUT2D eigenvalue weighted by Crippen LogP contribution is -2.54. The quantitative estimate of drug-likeness (QED) is 0.626. The van der Waals surface area contributed by atoms with Crippen LogP contribution in [0.4, 0.5) is 0 Å². The summed E-state index contributed by atoms with van der Waals surface area (Å²) in [5.41, 5.74) is -2.09. The van der Waals surface area contributed by atoms with Crippen molar-refractivity contribution in [2.75, 3.05) is 6.61 Å². The smallest absolute Gasteiger partial charge is 0.338 e. The molecule has 0 saturated heterocycles. The minimum absolute atomic E-state index is 0.0290. The first kappa shape index (κ1) is 14.9. The monoisotopic (exact) mass is 267 g/mol. The van der Waals surface area contributed by atoms with Crippen LogP contribution in [0.2, 0.25) is 0 Å². The highest BCUT2D eigenvalue weighted by Gasteiger charge is 2.13. The lowest BCUT2D eigenvalue weighted by molar-refractivity contribution is 0.0780. The maximum absolute atomic E-state index is 12.0. The summed E-state index contributed by atoms with van der Waals surface area (Å²) in [6.45, 7) is 8.93. The molecule has 1 aromatic heterocycles. The third-order valence-corrected chi connectivity index (χ3v) is 2.43. The second-order valence-corrected chi connectivity index (χ2v) is 3.70. The van der Waals surface area contributed by atoms with Crippen molar-refractivity contribution in [2.45, 2.75) is 26.7 Å². The number of rotatable bonds is 7. The number of nitrogens with zero attached hydrogens (tertiary/aromatic N) is 3. The van der Waals surface area contributed by atoms with Crippen LogP contribution in [0.3, 0.4) is 0 Å². The minimum atomic E-state index is -0.705. The summed E-state index contributed by atoms with van der Waals surface area (Å²) in [5.74, 6) is 0. The van der Waals surface area contributed by atoms with Crippen molar-refractivity contribution in [3.05, 3.63) is 56.8 Å². The molecule has 7 heteroatoms. The summed E-state index contributed by atoms with van der Waals surface area (Å²) in [6.07, 6.45) is 2.83. The van der Waals surface area contributed by atoms with Gasteiger partial charge in [0.15, 0.2) is 0 Å². The molecule has 104 valence electrons. The average molecular weight is 267 g/mol. The van der Waals surface area contributed by atoms with Gasteiger partial charge in [-0.2, -0.15) is 0 Å². The zero-order valence-electron chi connectivity index (χ0n) is 10.9. The van der Waals surface area contributed by atoms with Crippen LogP contribution in [0.25, 0.3) is 0 Å². The largest absolute Gasteiger partial charge is 0.361 e. The van der Waals surface area contributed by atoms with E-state index in [-0.39, 0.29) is 19.8 Å². The number of allylic oxidation sites excluding steroid dienone is 2. The van der Waals surface area contributed by atoms with Crippen LogP contribution in [0.5, 0.6) is 0 Å². The molecule has 0 aliphatic heterocycles. The third-order valence-electron chi connectivity index (χ3n) is 2.43. The van der Waals surface area contributed by atoms with Crippen molar-refractivity contribution < 1.29 is 4.74 Å². The molecule has 0 amide bonds. The van der Waals surface area contributed by atoms with Gasteiger partial charge in [0.2, 0.25) is 0 Å². The van der Waals surface area contributed by atoms with Crippen molar-refractivity contribution in [2.24, 2.45) is 0 Å². The van der Waals surface area contributed by atoms with Gasteiger partial charge in [-0.1, -0.05) is 12.2 Å². The first-order valence-electron chi connectivity index (χ1n) is 5.82. The maximum Gasteiger partial charge on any atom is 0.338 e. The van der Waals surface area contributed by atoms with Crippen LogP contribution in [0, 0.1) is 0 Å². The summed E-state index contributed by atoms with van der Waals surface area (Å²) >= 11 is 0. The van der Waals surface area contributed by atoms with E-state index in [1.165, 1.54) is 12.2 Å². The molecule has 1 aromatic rings. The van der Waals surface area contributed by atoms with Gasteiger partial charge in [0.25, 0.3) is 0 Å². The predicted octanol–water partition coefficient (Wildman–Crippen LogP) is -0.462. The highest BCUT2D eigenvalue weighted by Crippen LogP contribution is 1.81. The molecule has 0 atom stereocenters. The van der Waals surface area contributed by atoms with Crippen LogP contribution in [0.1, 0.15) is 6.92 Å². The van der Waals surface area contributed by atoms with Gasteiger partial charge in [0.05, 0.1) is 13.1 Å². The molecule has 0 fully saturated rings.